The Bertz CT molecular complexity index is 700. The molecule has 0 aliphatic heterocycles. The molecule has 0 heterocycles. The van der Waals surface area contributed by atoms with E-state index in [1.54, 1.807) is 25.1 Å². The average Bonchev–Trinajstić information content (AvgIpc) is 2.52. The molecule has 1 aromatic carbocycles. The summed E-state index contributed by atoms with van der Waals surface area (Å²) in [6.45, 7) is 3.61. The smallest absolute Gasteiger partial charge is 0.326 e. The van der Waals surface area contributed by atoms with Crippen LogP contribution >= 0.6 is 35.6 Å². The number of aliphatic carboxylic acids is 1. The average molecular weight is 408 g/mol. The molecule has 0 bridgehead atoms. The summed E-state index contributed by atoms with van der Waals surface area (Å²) < 4.78 is 0. The number of carboxylic acid groups (broad SMARTS) is 1. The normalized spacial score (nSPS) is 24.2. The maximum absolute atomic E-state index is 11.6. The van der Waals surface area contributed by atoms with Crippen LogP contribution < -0.4 is 11.1 Å². The summed E-state index contributed by atoms with van der Waals surface area (Å²) in [6, 6.07) is 5.48. The van der Waals surface area contributed by atoms with Gasteiger partial charge in [0.1, 0.15) is 11.8 Å². The molecule has 3 unspecified atom stereocenters. The SMILES string of the molecule is CC1C(Cl)=C(NC(Cc2ccc(O)cc2)C(=O)O)C=C(N)C1(C)Cl.Cl. The maximum atomic E-state index is 11.6. The van der Waals surface area contributed by atoms with E-state index in [0.717, 1.165) is 5.56 Å². The van der Waals surface area contributed by atoms with Crippen LogP contribution in [0.4, 0.5) is 0 Å². The topological polar surface area (TPSA) is 95.6 Å². The zero-order valence-corrected chi connectivity index (χ0v) is 16.1. The van der Waals surface area contributed by atoms with Gasteiger partial charge in [0.05, 0.1) is 10.6 Å². The Hall–Kier alpha value is -1.56. The minimum absolute atomic E-state index is 0. The predicted octanol–water partition coefficient (Wildman–Crippen LogP) is 3.34. The van der Waals surface area contributed by atoms with Gasteiger partial charge in [0, 0.05) is 23.1 Å². The Morgan fingerprint density at radius 1 is 1.40 bits per heavy atom. The van der Waals surface area contributed by atoms with E-state index in [0.29, 0.717) is 16.4 Å². The van der Waals surface area contributed by atoms with Gasteiger partial charge in [-0.05, 0) is 30.7 Å². The van der Waals surface area contributed by atoms with Gasteiger partial charge in [-0.25, -0.2) is 4.79 Å². The van der Waals surface area contributed by atoms with Crippen molar-refractivity contribution in [2.45, 2.75) is 31.2 Å². The second kappa shape index (κ2) is 8.21. The van der Waals surface area contributed by atoms with Gasteiger partial charge in [-0.3, -0.25) is 0 Å². The highest BCUT2D eigenvalue weighted by atomic mass is 35.5. The van der Waals surface area contributed by atoms with Gasteiger partial charge < -0.3 is 21.3 Å². The van der Waals surface area contributed by atoms with Crippen LogP contribution in [0.1, 0.15) is 19.4 Å². The van der Waals surface area contributed by atoms with E-state index in [2.05, 4.69) is 5.32 Å². The van der Waals surface area contributed by atoms with Crippen LogP contribution in [0.2, 0.25) is 0 Å². The van der Waals surface area contributed by atoms with E-state index < -0.39 is 16.9 Å². The first-order valence-corrected chi connectivity index (χ1v) is 8.22. The Morgan fingerprint density at radius 2 is 1.96 bits per heavy atom. The second-order valence-corrected chi connectivity index (χ2v) is 7.26. The quantitative estimate of drug-likeness (QED) is 0.562. The molecule has 2 rings (SSSR count). The molecule has 8 heteroatoms. The molecule has 0 aromatic heterocycles. The Morgan fingerprint density at radius 3 is 2.48 bits per heavy atom. The summed E-state index contributed by atoms with van der Waals surface area (Å²) in [5.41, 5.74) is 7.66. The zero-order valence-electron chi connectivity index (χ0n) is 13.8. The van der Waals surface area contributed by atoms with Crippen LogP contribution in [0.3, 0.4) is 0 Å². The summed E-state index contributed by atoms with van der Waals surface area (Å²) in [4.78, 5) is 10.8. The zero-order chi connectivity index (χ0) is 18.1. The number of aromatic hydroxyl groups is 1. The molecule has 0 amide bonds. The number of nitrogens with one attached hydrogen (secondary N) is 1. The highest BCUT2D eigenvalue weighted by Gasteiger charge is 2.38. The fraction of sp³-hybridized carbons (Fsp3) is 0.353. The van der Waals surface area contributed by atoms with Crippen molar-refractivity contribution in [3.05, 3.63) is 52.3 Å². The Balaban J connectivity index is 0.00000312. The van der Waals surface area contributed by atoms with Crippen molar-refractivity contribution in [2.24, 2.45) is 11.7 Å². The minimum atomic E-state index is -1.01. The molecule has 5 nitrogen and oxygen atoms in total. The highest BCUT2D eigenvalue weighted by Crippen LogP contribution is 2.41. The number of hydrogen-bond acceptors (Lipinski definition) is 4. The molecule has 0 spiro atoms. The third-order valence-electron chi connectivity index (χ3n) is 4.32. The highest BCUT2D eigenvalue weighted by molar-refractivity contribution is 6.33. The molecule has 0 saturated carbocycles. The van der Waals surface area contributed by atoms with Crippen molar-refractivity contribution in [3.8, 4) is 5.75 Å². The molecule has 0 fully saturated rings. The molecular weight excluding hydrogens is 387 g/mol. The first-order valence-electron chi connectivity index (χ1n) is 7.46. The summed E-state index contributed by atoms with van der Waals surface area (Å²) in [5, 5.41) is 22.2. The van der Waals surface area contributed by atoms with Crippen LogP contribution in [0.15, 0.2) is 46.8 Å². The number of phenolic OH excluding ortho intramolecular Hbond substituents is 1. The van der Waals surface area contributed by atoms with E-state index in [4.69, 9.17) is 28.9 Å². The maximum Gasteiger partial charge on any atom is 0.326 e. The molecular formula is C17H21Cl3N2O3. The molecule has 25 heavy (non-hydrogen) atoms. The molecule has 5 N–H and O–H groups in total. The molecule has 3 atom stereocenters. The van der Waals surface area contributed by atoms with Crippen molar-refractivity contribution >= 4 is 41.6 Å². The van der Waals surface area contributed by atoms with Gasteiger partial charge in [0.2, 0.25) is 0 Å². The number of allylic oxidation sites excluding steroid dienone is 3. The fourth-order valence-electron chi connectivity index (χ4n) is 2.45. The lowest BCUT2D eigenvalue weighted by Gasteiger charge is -2.35. The van der Waals surface area contributed by atoms with E-state index in [1.807, 2.05) is 6.92 Å². The van der Waals surface area contributed by atoms with Crippen LogP contribution in [-0.2, 0) is 11.2 Å². The predicted molar refractivity (Wildman–Crippen MR) is 102 cm³/mol. The number of carbonyl (C=O) groups is 1. The Kier molecular flexibility index (Phi) is 7.06. The lowest BCUT2D eigenvalue weighted by atomic mass is 9.86. The van der Waals surface area contributed by atoms with Gasteiger partial charge in [0.15, 0.2) is 0 Å². The molecule has 0 saturated heterocycles. The van der Waals surface area contributed by atoms with Gasteiger partial charge in [0.25, 0.3) is 0 Å². The summed E-state index contributed by atoms with van der Waals surface area (Å²) in [6.07, 6.45) is 1.81. The molecule has 0 radical (unpaired) electrons. The van der Waals surface area contributed by atoms with Gasteiger partial charge in [-0.1, -0.05) is 30.7 Å². The van der Waals surface area contributed by atoms with Crippen molar-refractivity contribution < 1.29 is 15.0 Å². The van der Waals surface area contributed by atoms with Crippen molar-refractivity contribution in [1.82, 2.24) is 5.32 Å². The number of alkyl halides is 1. The third kappa shape index (κ3) is 4.75. The first kappa shape index (κ1) is 21.5. The number of hydrogen-bond donors (Lipinski definition) is 4. The van der Waals surface area contributed by atoms with Crippen LogP contribution in [0, 0.1) is 5.92 Å². The van der Waals surface area contributed by atoms with Crippen LogP contribution in [0.5, 0.6) is 5.75 Å². The first-order chi connectivity index (χ1) is 11.1. The summed E-state index contributed by atoms with van der Waals surface area (Å²) in [7, 11) is 0. The van der Waals surface area contributed by atoms with Crippen molar-refractivity contribution in [1.29, 1.82) is 0 Å². The summed E-state index contributed by atoms with van der Waals surface area (Å²) in [5.74, 6) is -1.14. The number of rotatable bonds is 5. The van der Waals surface area contributed by atoms with Gasteiger partial charge in [-0.2, -0.15) is 0 Å². The third-order valence-corrected chi connectivity index (χ3v) is 5.40. The minimum Gasteiger partial charge on any atom is -0.508 e. The number of carboxylic acids is 1. The molecule has 1 aliphatic carbocycles. The lowest BCUT2D eigenvalue weighted by Crippen LogP contribution is -2.42. The number of phenols is 1. The van der Waals surface area contributed by atoms with Crippen molar-refractivity contribution in [3.63, 3.8) is 0 Å². The Labute approximate surface area is 162 Å². The van der Waals surface area contributed by atoms with E-state index in [1.165, 1.54) is 12.1 Å². The monoisotopic (exact) mass is 406 g/mol. The number of benzene rings is 1. The van der Waals surface area contributed by atoms with Gasteiger partial charge >= 0.3 is 5.97 Å². The number of nitrogens with two attached hydrogens (primary N) is 1. The van der Waals surface area contributed by atoms with E-state index in [-0.39, 0.29) is 30.5 Å². The van der Waals surface area contributed by atoms with E-state index in [9.17, 15) is 15.0 Å². The van der Waals surface area contributed by atoms with Crippen LogP contribution in [0.25, 0.3) is 0 Å². The standard InChI is InChI=1S/C17H20Cl2N2O3.ClH/c1-9-15(18)12(8-14(20)17(9,2)19)21-13(16(23)24)7-10-3-5-11(22)6-4-10;/h3-6,8-9,13,21-22H,7,20H2,1-2H3,(H,23,24);1H. The van der Waals surface area contributed by atoms with Crippen molar-refractivity contribution in [2.75, 3.05) is 0 Å². The number of halogens is 3. The summed E-state index contributed by atoms with van der Waals surface area (Å²) >= 11 is 12.8. The fourth-order valence-corrected chi connectivity index (χ4v) is 3.00. The lowest BCUT2D eigenvalue weighted by molar-refractivity contribution is -0.139. The molecule has 1 aromatic rings. The van der Waals surface area contributed by atoms with E-state index >= 15 is 0 Å². The molecule has 138 valence electrons. The second-order valence-electron chi connectivity index (χ2n) is 6.06. The molecule has 1 aliphatic rings. The largest absolute Gasteiger partial charge is 0.508 e. The van der Waals surface area contributed by atoms with Gasteiger partial charge in [-0.15, -0.1) is 24.0 Å². The van der Waals surface area contributed by atoms with Crippen LogP contribution in [-0.4, -0.2) is 27.1 Å².